The number of hydrogen-bond donors (Lipinski definition) is 1. The van der Waals surface area contributed by atoms with Gasteiger partial charge in [-0.3, -0.25) is 4.90 Å². The van der Waals surface area contributed by atoms with Gasteiger partial charge in [0.1, 0.15) is 11.2 Å². The van der Waals surface area contributed by atoms with Gasteiger partial charge in [-0.25, -0.2) is 4.98 Å². The Balaban J connectivity index is 1.39. The van der Waals surface area contributed by atoms with Crippen LogP contribution in [-0.4, -0.2) is 34.6 Å². The summed E-state index contributed by atoms with van der Waals surface area (Å²) < 4.78 is 6.55. The number of nitrogens with zero attached hydrogens (tertiary/aromatic N) is 2. The van der Waals surface area contributed by atoms with E-state index in [0.29, 0.717) is 0 Å². The van der Waals surface area contributed by atoms with E-state index in [-0.39, 0.29) is 11.1 Å². The van der Waals surface area contributed by atoms with Crippen LogP contribution in [0.5, 0.6) is 0 Å². The molecule has 1 aliphatic carbocycles. The van der Waals surface area contributed by atoms with Crippen LogP contribution < -0.4 is 0 Å². The molecule has 0 bridgehead atoms. The molecule has 0 amide bonds. The SMILES string of the molecule is c1ccc(C2(N3CCC3)CCC3(CC2)OCCc2c3[nH]c3ncccc23)cc1. The number of ether oxygens (including phenoxy) is 1. The van der Waals surface area contributed by atoms with Crippen LogP contribution in [0.25, 0.3) is 11.0 Å². The Morgan fingerprint density at radius 2 is 1.79 bits per heavy atom. The normalized spacial score (nSPS) is 30.3. The van der Waals surface area contributed by atoms with Crippen molar-refractivity contribution in [3.05, 3.63) is 65.5 Å². The Kier molecular flexibility index (Phi) is 3.69. The van der Waals surface area contributed by atoms with Crippen LogP contribution in [0.2, 0.25) is 0 Å². The second kappa shape index (κ2) is 6.16. The van der Waals surface area contributed by atoms with Gasteiger partial charge in [-0.05, 0) is 61.8 Å². The second-order valence-corrected chi connectivity index (χ2v) is 8.71. The van der Waals surface area contributed by atoms with E-state index in [1.54, 1.807) is 0 Å². The highest BCUT2D eigenvalue weighted by atomic mass is 16.5. The van der Waals surface area contributed by atoms with Crippen LogP contribution in [-0.2, 0) is 22.3 Å². The quantitative estimate of drug-likeness (QED) is 0.719. The third-order valence-corrected chi connectivity index (χ3v) is 7.52. The maximum absolute atomic E-state index is 6.55. The summed E-state index contributed by atoms with van der Waals surface area (Å²) in [6, 6.07) is 15.4. The van der Waals surface area contributed by atoms with E-state index in [1.165, 1.54) is 41.7 Å². The molecular formula is C24H27N3O. The van der Waals surface area contributed by atoms with Crippen molar-refractivity contribution in [2.75, 3.05) is 19.7 Å². The first-order valence-electron chi connectivity index (χ1n) is 10.7. The number of hydrogen-bond acceptors (Lipinski definition) is 3. The van der Waals surface area contributed by atoms with E-state index < -0.39 is 0 Å². The van der Waals surface area contributed by atoms with Crippen LogP contribution in [0.4, 0.5) is 0 Å². The zero-order chi connectivity index (χ0) is 18.6. The summed E-state index contributed by atoms with van der Waals surface area (Å²) in [6.07, 6.45) is 8.63. The Hall–Kier alpha value is -2.17. The number of rotatable bonds is 2. The van der Waals surface area contributed by atoms with Crippen molar-refractivity contribution in [1.82, 2.24) is 14.9 Å². The van der Waals surface area contributed by atoms with E-state index in [9.17, 15) is 0 Å². The van der Waals surface area contributed by atoms with Crippen molar-refractivity contribution in [3.63, 3.8) is 0 Å². The number of pyridine rings is 1. The van der Waals surface area contributed by atoms with Crippen LogP contribution in [0.15, 0.2) is 48.7 Å². The number of aromatic amines is 1. The number of likely N-dealkylation sites (tertiary alicyclic amines) is 1. The van der Waals surface area contributed by atoms with Gasteiger partial charge in [0.15, 0.2) is 0 Å². The van der Waals surface area contributed by atoms with Crippen LogP contribution in [0.3, 0.4) is 0 Å². The molecule has 1 saturated carbocycles. The van der Waals surface area contributed by atoms with E-state index in [1.807, 2.05) is 12.3 Å². The zero-order valence-electron chi connectivity index (χ0n) is 16.3. The predicted octanol–water partition coefficient (Wildman–Crippen LogP) is 4.51. The first-order chi connectivity index (χ1) is 13.8. The topological polar surface area (TPSA) is 41.1 Å². The molecule has 0 unspecified atom stereocenters. The van der Waals surface area contributed by atoms with Crippen LogP contribution in [0.1, 0.15) is 48.9 Å². The van der Waals surface area contributed by atoms with Gasteiger partial charge in [0.05, 0.1) is 12.3 Å². The minimum Gasteiger partial charge on any atom is -0.368 e. The predicted molar refractivity (Wildman–Crippen MR) is 110 cm³/mol. The largest absolute Gasteiger partial charge is 0.368 e. The van der Waals surface area contributed by atoms with Gasteiger partial charge in [-0.15, -0.1) is 0 Å². The van der Waals surface area contributed by atoms with Crippen molar-refractivity contribution in [3.8, 4) is 0 Å². The molecule has 1 saturated heterocycles. The summed E-state index contributed by atoms with van der Waals surface area (Å²) in [7, 11) is 0. The third kappa shape index (κ3) is 2.28. The van der Waals surface area contributed by atoms with Crippen molar-refractivity contribution in [2.45, 2.75) is 49.7 Å². The molecule has 1 aromatic carbocycles. The van der Waals surface area contributed by atoms with Gasteiger partial charge in [0.2, 0.25) is 0 Å². The summed E-state index contributed by atoms with van der Waals surface area (Å²) in [5.74, 6) is 0. The number of nitrogens with one attached hydrogen (secondary N) is 1. The zero-order valence-corrected chi connectivity index (χ0v) is 16.3. The molecule has 2 aliphatic heterocycles. The molecular weight excluding hydrogens is 346 g/mol. The molecule has 0 radical (unpaired) electrons. The van der Waals surface area contributed by atoms with Gasteiger partial charge < -0.3 is 9.72 Å². The molecule has 3 aromatic rings. The van der Waals surface area contributed by atoms with E-state index in [0.717, 1.165) is 44.4 Å². The number of H-pyrrole nitrogens is 1. The number of benzene rings is 1. The van der Waals surface area contributed by atoms with E-state index >= 15 is 0 Å². The monoisotopic (exact) mass is 373 g/mol. The lowest BCUT2D eigenvalue weighted by Crippen LogP contribution is -2.57. The van der Waals surface area contributed by atoms with Crippen molar-refractivity contribution < 1.29 is 4.74 Å². The summed E-state index contributed by atoms with van der Waals surface area (Å²) in [5.41, 5.74) is 5.25. The minimum atomic E-state index is -0.169. The molecule has 4 nitrogen and oxygen atoms in total. The molecule has 28 heavy (non-hydrogen) atoms. The molecule has 1 spiro atoms. The molecule has 4 heterocycles. The van der Waals surface area contributed by atoms with Crippen molar-refractivity contribution in [2.24, 2.45) is 0 Å². The first kappa shape index (κ1) is 16.8. The summed E-state index contributed by atoms with van der Waals surface area (Å²) in [4.78, 5) is 10.9. The fourth-order valence-electron chi connectivity index (χ4n) is 5.89. The standard InChI is InChI=1S/C24H27N3O/c1-2-6-18(7-3-1)23(27-15-5-16-27)10-12-24(13-11-23)21-19(9-17-28-24)20-8-4-14-25-22(20)26-21/h1-4,6-8,14H,5,9-13,15-17H2,(H,25,26). The molecule has 3 aliphatic rings. The molecule has 2 aromatic heterocycles. The third-order valence-electron chi connectivity index (χ3n) is 7.52. The molecule has 6 rings (SSSR count). The van der Waals surface area contributed by atoms with Gasteiger partial charge in [-0.2, -0.15) is 0 Å². The van der Waals surface area contributed by atoms with Crippen molar-refractivity contribution >= 4 is 11.0 Å². The van der Waals surface area contributed by atoms with Gasteiger partial charge in [-0.1, -0.05) is 30.3 Å². The fourth-order valence-corrected chi connectivity index (χ4v) is 5.89. The highest BCUT2D eigenvalue weighted by molar-refractivity contribution is 5.82. The summed E-state index contributed by atoms with van der Waals surface area (Å²) in [6.45, 7) is 3.27. The van der Waals surface area contributed by atoms with Gasteiger partial charge in [0.25, 0.3) is 0 Å². The van der Waals surface area contributed by atoms with Gasteiger partial charge >= 0.3 is 0 Å². The maximum atomic E-state index is 6.55. The highest BCUT2D eigenvalue weighted by Crippen LogP contribution is 2.53. The second-order valence-electron chi connectivity index (χ2n) is 8.71. The lowest BCUT2D eigenvalue weighted by Gasteiger charge is -2.55. The maximum Gasteiger partial charge on any atom is 0.137 e. The molecule has 4 heteroatoms. The average Bonchev–Trinajstić information content (AvgIpc) is 3.10. The Labute approximate surface area is 165 Å². The van der Waals surface area contributed by atoms with Gasteiger partial charge in [0, 0.05) is 30.2 Å². The molecule has 2 fully saturated rings. The lowest BCUT2D eigenvalue weighted by molar-refractivity contribution is -0.126. The van der Waals surface area contributed by atoms with Crippen LogP contribution >= 0.6 is 0 Å². The molecule has 144 valence electrons. The number of fused-ring (bicyclic) bond motifs is 4. The molecule has 0 atom stereocenters. The minimum absolute atomic E-state index is 0.169. The Bertz CT molecular complexity index is 997. The highest BCUT2D eigenvalue weighted by Gasteiger charge is 2.51. The Morgan fingerprint density at radius 1 is 0.964 bits per heavy atom. The summed E-state index contributed by atoms with van der Waals surface area (Å²) in [5, 5.41) is 1.28. The van der Waals surface area contributed by atoms with E-state index in [2.05, 4.69) is 51.3 Å². The van der Waals surface area contributed by atoms with E-state index in [4.69, 9.17) is 4.74 Å². The number of aromatic nitrogens is 2. The smallest absolute Gasteiger partial charge is 0.137 e. The first-order valence-corrected chi connectivity index (χ1v) is 10.7. The lowest BCUT2D eigenvalue weighted by atomic mass is 9.67. The Morgan fingerprint density at radius 3 is 2.54 bits per heavy atom. The average molecular weight is 373 g/mol. The summed E-state index contributed by atoms with van der Waals surface area (Å²) >= 11 is 0. The fraction of sp³-hybridized carbons (Fsp3) is 0.458. The van der Waals surface area contributed by atoms with Crippen LogP contribution in [0, 0.1) is 0 Å². The van der Waals surface area contributed by atoms with Crippen molar-refractivity contribution in [1.29, 1.82) is 0 Å². The molecule has 1 N–H and O–H groups in total.